The second-order valence-corrected chi connectivity index (χ2v) is 9.89. The van der Waals surface area contributed by atoms with Crippen LogP contribution in [0.4, 0.5) is 4.79 Å². The van der Waals surface area contributed by atoms with Crippen LogP contribution in [0.15, 0.2) is 42.5 Å². The Balaban J connectivity index is 1.44. The van der Waals surface area contributed by atoms with Crippen molar-refractivity contribution in [3.63, 3.8) is 0 Å². The third-order valence-electron chi connectivity index (χ3n) is 7.15. The number of hydrogen-bond donors (Lipinski definition) is 5. The van der Waals surface area contributed by atoms with Gasteiger partial charge >= 0.3 is 30.9 Å². The van der Waals surface area contributed by atoms with Crippen molar-refractivity contribution in [1.82, 2.24) is 20.0 Å². The van der Waals surface area contributed by atoms with Gasteiger partial charge in [0.05, 0.1) is 13.1 Å². The van der Waals surface area contributed by atoms with Gasteiger partial charge in [0.25, 0.3) is 0 Å². The molecule has 0 unspecified atom stereocenters. The average Bonchev–Trinajstić information content (AvgIpc) is 2.94. The molecule has 0 spiro atoms. The van der Waals surface area contributed by atoms with Gasteiger partial charge in [-0.05, 0) is 36.9 Å². The highest BCUT2D eigenvalue weighted by atomic mass is 16.5. The summed E-state index contributed by atoms with van der Waals surface area (Å²) in [7, 11) is -1.62. The Morgan fingerprint density at radius 3 is 2.36 bits per heavy atom. The van der Waals surface area contributed by atoms with Crippen LogP contribution in [0, 0.1) is 0 Å². The van der Waals surface area contributed by atoms with Crippen molar-refractivity contribution < 1.29 is 49.0 Å². The van der Waals surface area contributed by atoms with Crippen LogP contribution >= 0.6 is 0 Å². The molecule has 4 rings (SSSR count). The molecule has 2 saturated heterocycles. The van der Waals surface area contributed by atoms with Crippen molar-refractivity contribution >= 4 is 36.8 Å². The van der Waals surface area contributed by atoms with Gasteiger partial charge in [-0.15, -0.1) is 0 Å². The van der Waals surface area contributed by atoms with Gasteiger partial charge in [-0.1, -0.05) is 36.4 Å². The molecule has 0 radical (unpaired) electrons. The lowest BCUT2D eigenvalue weighted by Crippen LogP contribution is -2.61. The summed E-state index contributed by atoms with van der Waals surface area (Å²) >= 11 is 0. The fourth-order valence-corrected chi connectivity index (χ4v) is 4.77. The van der Waals surface area contributed by atoms with E-state index in [9.17, 15) is 34.2 Å². The number of rotatable bonds is 10. The van der Waals surface area contributed by atoms with Crippen molar-refractivity contribution in [2.45, 2.75) is 31.8 Å². The predicted octanol–water partition coefficient (Wildman–Crippen LogP) is -0.163. The molecule has 14 nitrogen and oxygen atoms in total. The molecule has 0 bridgehead atoms. The third kappa shape index (κ3) is 6.47. The van der Waals surface area contributed by atoms with Gasteiger partial charge in [-0.2, -0.15) is 0 Å². The highest BCUT2D eigenvalue weighted by Gasteiger charge is 2.40. The molecule has 2 aromatic rings. The number of carboxylic acid groups (broad SMARTS) is 1. The van der Waals surface area contributed by atoms with E-state index in [1.165, 1.54) is 21.9 Å². The first kappa shape index (κ1) is 30.3. The number of urea groups is 1. The zero-order chi connectivity index (χ0) is 30.6. The molecule has 5 N–H and O–H groups in total. The minimum atomic E-state index is -1.62. The Bertz CT molecular complexity index is 1370. The summed E-state index contributed by atoms with van der Waals surface area (Å²) in [6.07, 6.45) is -0.702. The summed E-state index contributed by atoms with van der Waals surface area (Å²) in [5.74, 6) is -4.39. The van der Waals surface area contributed by atoms with Crippen LogP contribution in [0.2, 0.25) is 6.32 Å². The number of ether oxygens (including phenoxy) is 1. The molecule has 0 aliphatic carbocycles. The number of likely N-dealkylation sites (N-methyl/N-ethyl adjacent to an activating group) is 1. The van der Waals surface area contributed by atoms with E-state index in [1.807, 2.05) is 0 Å². The Labute approximate surface area is 241 Å². The highest BCUT2D eigenvalue weighted by Crippen LogP contribution is 2.34. The first-order chi connectivity index (χ1) is 20.0. The SMILES string of the molecule is CCN1CCN(C(=O)N[C@@H](C(=O)N2CC(Oc3ccc(CCB(O)O)c(O)c3C(=O)O)C2)c2ccccc2)C(=O)C1=O. The van der Waals surface area contributed by atoms with E-state index in [1.54, 1.807) is 37.3 Å². The van der Waals surface area contributed by atoms with E-state index >= 15 is 0 Å². The third-order valence-corrected chi connectivity index (χ3v) is 7.15. The molecule has 42 heavy (non-hydrogen) atoms. The molecule has 2 aliphatic heterocycles. The van der Waals surface area contributed by atoms with Gasteiger partial charge < -0.3 is 40.1 Å². The molecule has 2 aromatic carbocycles. The van der Waals surface area contributed by atoms with Crippen molar-refractivity contribution in [3.8, 4) is 11.5 Å². The molecule has 0 saturated carbocycles. The maximum Gasteiger partial charge on any atom is 0.451 e. The van der Waals surface area contributed by atoms with E-state index in [2.05, 4.69) is 5.32 Å². The van der Waals surface area contributed by atoms with E-state index < -0.39 is 60.3 Å². The number of carbonyl (C=O) groups excluding carboxylic acids is 4. The summed E-state index contributed by atoms with van der Waals surface area (Å²) < 4.78 is 5.78. The lowest BCUT2D eigenvalue weighted by molar-refractivity contribution is -0.153. The second-order valence-electron chi connectivity index (χ2n) is 9.89. The number of nitrogens with one attached hydrogen (secondary N) is 1. The Morgan fingerprint density at radius 2 is 1.74 bits per heavy atom. The number of aromatic carboxylic acids is 1. The summed E-state index contributed by atoms with van der Waals surface area (Å²) in [5, 5.41) is 40.9. The van der Waals surface area contributed by atoms with Gasteiger partial charge in [0, 0.05) is 19.6 Å². The summed E-state index contributed by atoms with van der Waals surface area (Å²) in [6.45, 7) is 2.31. The Hall–Kier alpha value is -4.63. The van der Waals surface area contributed by atoms with Crippen LogP contribution in [0.1, 0.15) is 34.5 Å². The number of phenols is 1. The molecule has 2 fully saturated rings. The van der Waals surface area contributed by atoms with E-state index in [-0.39, 0.29) is 50.2 Å². The van der Waals surface area contributed by atoms with Gasteiger partial charge in [-0.3, -0.25) is 19.3 Å². The van der Waals surface area contributed by atoms with Crippen molar-refractivity contribution in [3.05, 3.63) is 59.2 Å². The molecule has 222 valence electrons. The Kier molecular flexibility index (Phi) is 9.33. The van der Waals surface area contributed by atoms with Crippen LogP contribution in [-0.4, -0.2) is 111 Å². The van der Waals surface area contributed by atoms with Crippen LogP contribution in [0.5, 0.6) is 11.5 Å². The molecule has 0 aromatic heterocycles. The first-order valence-corrected chi connectivity index (χ1v) is 13.4. The maximum atomic E-state index is 13.5. The predicted molar refractivity (Wildman–Crippen MR) is 146 cm³/mol. The molecule has 15 heteroatoms. The number of amides is 5. The number of piperazine rings is 1. The summed E-state index contributed by atoms with van der Waals surface area (Å²) in [4.78, 5) is 66.7. The average molecular weight is 582 g/mol. The summed E-state index contributed by atoms with van der Waals surface area (Å²) in [5.41, 5.74) is 0.172. The van der Waals surface area contributed by atoms with Crippen molar-refractivity contribution in [2.24, 2.45) is 0 Å². The second kappa shape index (κ2) is 12.9. The fourth-order valence-electron chi connectivity index (χ4n) is 4.77. The normalized spacial score (nSPS) is 16.1. The number of likely N-dealkylation sites (tertiary alicyclic amines) is 1. The van der Waals surface area contributed by atoms with Crippen molar-refractivity contribution in [2.75, 3.05) is 32.7 Å². The number of aromatic hydroxyl groups is 1. The van der Waals surface area contributed by atoms with E-state index in [0.29, 0.717) is 12.1 Å². The number of nitrogens with zero attached hydrogens (tertiary/aromatic N) is 3. The molecular weight excluding hydrogens is 551 g/mol. The summed E-state index contributed by atoms with van der Waals surface area (Å²) in [6, 6.07) is 9.10. The number of hydrogen-bond acceptors (Lipinski definition) is 9. The minimum absolute atomic E-state index is 0.0162. The van der Waals surface area contributed by atoms with Crippen LogP contribution < -0.4 is 10.1 Å². The standard InChI is InChI=1S/C27H31BN4O10/c1-2-30-12-13-32(25(36)24(30)35)27(39)29-21(16-6-4-3-5-7-16)23(34)31-14-18(15-31)42-19-9-8-17(10-11-28(40)41)22(33)20(19)26(37)38/h3-9,18,21,33,40-41H,2,10-15H2,1H3,(H,29,39)(H,37,38)/t21-/m1/s1. The van der Waals surface area contributed by atoms with E-state index in [0.717, 1.165) is 4.90 Å². The smallest absolute Gasteiger partial charge is 0.451 e. The first-order valence-electron chi connectivity index (χ1n) is 13.4. The fraction of sp³-hybridized carbons (Fsp3) is 0.370. The van der Waals surface area contributed by atoms with Crippen LogP contribution in [0.25, 0.3) is 0 Å². The minimum Gasteiger partial charge on any atom is -0.507 e. The largest absolute Gasteiger partial charge is 0.507 e. The molecule has 2 aliphatic rings. The van der Waals surface area contributed by atoms with E-state index in [4.69, 9.17) is 14.8 Å². The number of aryl methyl sites for hydroxylation is 1. The number of carboxylic acids is 1. The number of imide groups is 1. The lowest BCUT2D eigenvalue weighted by Gasteiger charge is -2.41. The maximum absolute atomic E-state index is 13.5. The molecule has 1 atom stereocenters. The quantitative estimate of drug-likeness (QED) is 0.185. The number of carbonyl (C=O) groups is 5. The monoisotopic (exact) mass is 582 g/mol. The van der Waals surface area contributed by atoms with Gasteiger partial charge in [0.1, 0.15) is 29.2 Å². The highest BCUT2D eigenvalue weighted by molar-refractivity contribution is 6.41. The molecular formula is C27H31BN4O10. The van der Waals surface area contributed by atoms with Crippen LogP contribution in [0.3, 0.4) is 0 Å². The van der Waals surface area contributed by atoms with Gasteiger partial charge in [0.2, 0.25) is 5.91 Å². The van der Waals surface area contributed by atoms with Crippen molar-refractivity contribution in [1.29, 1.82) is 0 Å². The zero-order valence-electron chi connectivity index (χ0n) is 22.8. The molecule has 2 heterocycles. The zero-order valence-corrected chi connectivity index (χ0v) is 22.8. The lowest BCUT2D eigenvalue weighted by atomic mass is 9.82. The molecule has 5 amide bonds. The van der Waals surface area contributed by atoms with Gasteiger partial charge in [-0.25, -0.2) is 9.59 Å². The number of benzene rings is 2. The van der Waals surface area contributed by atoms with Crippen LogP contribution in [-0.2, 0) is 20.8 Å². The van der Waals surface area contributed by atoms with Gasteiger partial charge in [0.15, 0.2) is 0 Å². The Morgan fingerprint density at radius 1 is 1.05 bits per heavy atom. The topological polar surface area (TPSA) is 197 Å².